The smallest absolute Gasteiger partial charge is 0.337 e. The van der Waals surface area contributed by atoms with Gasteiger partial charge >= 0.3 is 5.97 Å². The van der Waals surface area contributed by atoms with E-state index in [0.717, 1.165) is 34.1 Å². The highest BCUT2D eigenvalue weighted by atomic mass is 35.5. The Balaban J connectivity index is 2.26. The summed E-state index contributed by atoms with van der Waals surface area (Å²) in [7, 11) is 3.90. The van der Waals surface area contributed by atoms with Crippen LogP contribution < -0.4 is 15.2 Å². The van der Waals surface area contributed by atoms with Crippen LogP contribution in [0.3, 0.4) is 0 Å². The number of aryl methyl sites for hydroxylation is 1. The fourth-order valence-electron chi connectivity index (χ4n) is 3.97. The Morgan fingerprint density at radius 3 is 2.44 bits per heavy atom. The first-order chi connectivity index (χ1) is 15.2. The number of anilines is 1. The zero-order valence-corrected chi connectivity index (χ0v) is 19.7. The number of carboxylic acids is 1. The SMILES string of the molecule is CCNc1cc2oc3cc(=[N+](C)C)ccc-3c(-c3c(Cl)ccc(Cl)c3C(=O)O)c2cc1C. The number of carboxylic acid groups (broad SMARTS) is 1. The minimum atomic E-state index is -1.14. The average molecular weight is 470 g/mol. The summed E-state index contributed by atoms with van der Waals surface area (Å²) in [5, 5.41) is 15.5. The van der Waals surface area contributed by atoms with Crippen LogP contribution in [0.2, 0.25) is 10.0 Å². The standard InChI is InChI=1S/C25H22Cl2N2O3/c1-5-28-19-12-21-16(10-13(19)2)22(15-7-6-14(29(3)4)11-20(15)32-21)23-17(26)8-9-18(27)24(23)25(30)31/h6-12H,5H2,1-4H3,(H,30,31)/p+1. The van der Waals surface area contributed by atoms with E-state index in [1.807, 2.05) is 62.9 Å². The molecule has 32 heavy (non-hydrogen) atoms. The van der Waals surface area contributed by atoms with Gasteiger partial charge in [-0.15, -0.1) is 0 Å². The molecule has 7 heteroatoms. The molecule has 1 aliphatic heterocycles. The van der Waals surface area contributed by atoms with E-state index < -0.39 is 5.97 Å². The summed E-state index contributed by atoms with van der Waals surface area (Å²) < 4.78 is 8.30. The van der Waals surface area contributed by atoms with Crippen molar-refractivity contribution in [2.75, 3.05) is 26.0 Å². The third kappa shape index (κ3) is 3.72. The molecule has 1 aliphatic carbocycles. The number of nitrogens with zero attached hydrogens (tertiary/aromatic N) is 1. The molecule has 5 nitrogen and oxygen atoms in total. The van der Waals surface area contributed by atoms with Crippen molar-refractivity contribution in [1.82, 2.24) is 4.58 Å². The van der Waals surface area contributed by atoms with Crippen molar-refractivity contribution < 1.29 is 14.3 Å². The summed E-state index contributed by atoms with van der Waals surface area (Å²) in [6.45, 7) is 4.79. The maximum atomic E-state index is 12.2. The number of nitrogens with one attached hydrogen (secondary N) is 1. The molecule has 0 fully saturated rings. The van der Waals surface area contributed by atoms with Crippen molar-refractivity contribution in [1.29, 1.82) is 0 Å². The molecule has 0 unspecified atom stereocenters. The molecule has 2 aromatic rings. The normalized spacial score (nSPS) is 11.2. The molecular weight excluding hydrogens is 447 g/mol. The highest BCUT2D eigenvalue weighted by Crippen LogP contribution is 2.46. The monoisotopic (exact) mass is 469 g/mol. The quantitative estimate of drug-likeness (QED) is 0.285. The number of aromatic carboxylic acids is 1. The third-order valence-corrected chi connectivity index (χ3v) is 6.13. The van der Waals surface area contributed by atoms with Crippen molar-refractivity contribution in [2.24, 2.45) is 0 Å². The van der Waals surface area contributed by atoms with Gasteiger partial charge in [0.1, 0.15) is 25.4 Å². The summed E-state index contributed by atoms with van der Waals surface area (Å²) in [6.07, 6.45) is 0. The number of hydrogen-bond donors (Lipinski definition) is 2. The molecule has 0 saturated heterocycles. The molecule has 0 amide bonds. The topological polar surface area (TPSA) is 65.5 Å². The van der Waals surface area contributed by atoms with E-state index >= 15 is 0 Å². The number of rotatable bonds is 4. The highest BCUT2D eigenvalue weighted by molar-refractivity contribution is 6.39. The van der Waals surface area contributed by atoms with Gasteiger partial charge < -0.3 is 14.8 Å². The second-order valence-corrected chi connectivity index (χ2v) is 8.64. The van der Waals surface area contributed by atoms with Gasteiger partial charge in [0.2, 0.25) is 5.36 Å². The van der Waals surface area contributed by atoms with E-state index in [2.05, 4.69) is 5.32 Å². The maximum absolute atomic E-state index is 12.2. The largest absolute Gasteiger partial charge is 0.478 e. The predicted octanol–water partition coefficient (Wildman–Crippen LogP) is 5.98. The van der Waals surface area contributed by atoms with Crippen LogP contribution in [0, 0.1) is 6.92 Å². The number of halogens is 2. The molecule has 0 atom stereocenters. The van der Waals surface area contributed by atoms with E-state index in [1.165, 1.54) is 6.07 Å². The minimum Gasteiger partial charge on any atom is -0.478 e. The fraction of sp³-hybridized carbons (Fsp3) is 0.200. The second kappa shape index (κ2) is 8.49. The van der Waals surface area contributed by atoms with Gasteiger partial charge in [-0.25, -0.2) is 9.37 Å². The first-order valence-electron chi connectivity index (χ1n) is 10.2. The van der Waals surface area contributed by atoms with Gasteiger partial charge in [-0.2, -0.15) is 0 Å². The number of hydrogen-bond acceptors (Lipinski definition) is 3. The van der Waals surface area contributed by atoms with Crippen molar-refractivity contribution in [2.45, 2.75) is 13.8 Å². The van der Waals surface area contributed by atoms with E-state index in [0.29, 0.717) is 27.5 Å². The van der Waals surface area contributed by atoms with Crippen LogP contribution in [0.5, 0.6) is 0 Å². The molecule has 0 saturated carbocycles. The van der Waals surface area contributed by atoms with Gasteiger partial charge in [-0.3, -0.25) is 0 Å². The summed E-state index contributed by atoms with van der Waals surface area (Å²) in [4.78, 5) is 12.2. The molecule has 164 valence electrons. The Hall–Kier alpha value is -3.02. The lowest BCUT2D eigenvalue weighted by Crippen LogP contribution is -2.21. The second-order valence-electron chi connectivity index (χ2n) is 7.83. The van der Waals surface area contributed by atoms with Crippen molar-refractivity contribution in [3.8, 4) is 22.5 Å². The van der Waals surface area contributed by atoms with Crippen molar-refractivity contribution in [3.05, 3.63) is 69.0 Å². The zero-order chi connectivity index (χ0) is 23.2. The van der Waals surface area contributed by atoms with E-state index in [1.54, 1.807) is 6.07 Å². The molecule has 1 heterocycles. The Bertz CT molecular complexity index is 1420. The Morgan fingerprint density at radius 1 is 1.06 bits per heavy atom. The molecule has 2 aromatic carbocycles. The van der Waals surface area contributed by atoms with Crippen molar-refractivity contribution >= 4 is 45.8 Å². The number of carbonyl (C=O) groups is 1. The highest BCUT2D eigenvalue weighted by Gasteiger charge is 2.26. The summed E-state index contributed by atoms with van der Waals surface area (Å²) in [5.41, 5.74) is 4.37. The molecule has 0 aromatic heterocycles. The third-order valence-electron chi connectivity index (χ3n) is 5.50. The summed E-state index contributed by atoms with van der Waals surface area (Å²) in [5.74, 6) is -0.516. The van der Waals surface area contributed by atoms with Gasteiger partial charge in [0.15, 0.2) is 0 Å². The molecule has 2 aliphatic rings. The Morgan fingerprint density at radius 2 is 1.78 bits per heavy atom. The molecule has 2 N–H and O–H groups in total. The first kappa shape index (κ1) is 22.2. The Labute approximate surface area is 195 Å². The lowest BCUT2D eigenvalue weighted by atomic mass is 9.90. The Kier molecular flexibility index (Phi) is 5.89. The van der Waals surface area contributed by atoms with E-state index in [4.69, 9.17) is 27.6 Å². The lowest BCUT2D eigenvalue weighted by molar-refractivity contribution is 0.0698. The van der Waals surface area contributed by atoms with Crippen LogP contribution in [-0.4, -0.2) is 31.7 Å². The molecule has 0 bridgehead atoms. The van der Waals surface area contributed by atoms with Gasteiger partial charge in [-0.05, 0) is 43.7 Å². The van der Waals surface area contributed by atoms with Crippen LogP contribution in [0.15, 0.2) is 46.9 Å². The van der Waals surface area contributed by atoms with Crippen LogP contribution in [0.25, 0.3) is 33.4 Å². The molecule has 0 spiro atoms. The molecular formula is C25H23Cl2N2O3+. The van der Waals surface area contributed by atoms with Crippen molar-refractivity contribution in [3.63, 3.8) is 0 Å². The summed E-state index contributed by atoms with van der Waals surface area (Å²) >= 11 is 12.9. The van der Waals surface area contributed by atoms with Crippen LogP contribution in [-0.2, 0) is 0 Å². The average Bonchev–Trinajstić information content (AvgIpc) is 2.74. The van der Waals surface area contributed by atoms with Gasteiger partial charge in [-0.1, -0.05) is 23.2 Å². The van der Waals surface area contributed by atoms with E-state index in [-0.39, 0.29) is 10.6 Å². The van der Waals surface area contributed by atoms with Crippen LogP contribution in [0.1, 0.15) is 22.8 Å². The van der Waals surface area contributed by atoms with Gasteiger partial charge in [0.25, 0.3) is 0 Å². The van der Waals surface area contributed by atoms with Gasteiger partial charge in [0, 0.05) is 51.5 Å². The zero-order valence-electron chi connectivity index (χ0n) is 18.2. The molecule has 0 radical (unpaired) electrons. The van der Waals surface area contributed by atoms with Crippen LogP contribution in [0.4, 0.5) is 5.69 Å². The van der Waals surface area contributed by atoms with Crippen LogP contribution >= 0.6 is 23.2 Å². The minimum absolute atomic E-state index is 0.0296. The molecule has 4 rings (SSSR count). The summed E-state index contributed by atoms with van der Waals surface area (Å²) in [6, 6.07) is 12.9. The number of benzene rings is 3. The fourth-order valence-corrected chi connectivity index (χ4v) is 4.46. The lowest BCUT2D eigenvalue weighted by Gasteiger charge is -2.19. The van der Waals surface area contributed by atoms with Gasteiger partial charge in [0.05, 0.1) is 16.7 Å². The maximum Gasteiger partial charge on any atom is 0.337 e. The number of fused-ring (bicyclic) bond motifs is 2. The van der Waals surface area contributed by atoms with E-state index in [9.17, 15) is 9.90 Å². The predicted molar refractivity (Wildman–Crippen MR) is 131 cm³/mol. The first-order valence-corrected chi connectivity index (χ1v) is 11.0.